The molecule has 0 unspecified atom stereocenters. The maximum atomic E-state index is 11.9. The lowest BCUT2D eigenvalue weighted by atomic mass is 10.1. The molecule has 0 aliphatic carbocycles. The molecule has 1 rings (SSSR count). The SMILES string of the molecule is CCc1cc(=O)n(CCCOC)c(O)c1CS(=O)(=O)O. The molecule has 2 N–H and O–H groups in total. The standard InChI is InChI=1S/C12H19NO6S/c1-3-9-7-11(14)13(5-4-6-19-2)12(15)10(9)8-20(16,17)18/h7,15H,3-6,8H2,1-2H3,(H,16,17,18). The summed E-state index contributed by atoms with van der Waals surface area (Å²) in [5.41, 5.74) is 0.0645. The van der Waals surface area contributed by atoms with Gasteiger partial charge in [-0.15, -0.1) is 0 Å². The van der Waals surface area contributed by atoms with Gasteiger partial charge in [0.15, 0.2) is 5.88 Å². The summed E-state index contributed by atoms with van der Waals surface area (Å²) >= 11 is 0. The first kappa shape index (κ1) is 16.7. The molecule has 0 saturated carbocycles. The third kappa shape index (κ3) is 4.32. The number of aryl methyl sites for hydroxylation is 1. The number of hydrogen-bond donors (Lipinski definition) is 2. The highest BCUT2D eigenvalue weighted by atomic mass is 32.2. The average Bonchev–Trinajstić information content (AvgIpc) is 2.35. The van der Waals surface area contributed by atoms with Gasteiger partial charge in [0.1, 0.15) is 5.75 Å². The zero-order valence-corrected chi connectivity index (χ0v) is 12.3. The van der Waals surface area contributed by atoms with E-state index in [0.29, 0.717) is 25.0 Å². The van der Waals surface area contributed by atoms with Crippen molar-refractivity contribution in [3.63, 3.8) is 0 Å². The summed E-state index contributed by atoms with van der Waals surface area (Å²) in [7, 11) is -2.77. The van der Waals surface area contributed by atoms with Gasteiger partial charge < -0.3 is 9.84 Å². The average molecular weight is 305 g/mol. The number of pyridine rings is 1. The predicted octanol–water partition coefficient (Wildman–Crippen LogP) is 0.541. The van der Waals surface area contributed by atoms with Crippen LogP contribution < -0.4 is 5.56 Å². The molecule has 0 fully saturated rings. The van der Waals surface area contributed by atoms with Crippen LogP contribution in [0.4, 0.5) is 0 Å². The van der Waals surface area contributed by atoms with Crippen LogP contribution in [0.15, 0.2) is 10.9 Å². The minimum atomic E-state index is -4.29. The second-order valence-electron chi connectivity index (χ2n) is 4.39. The quantitative estimate of drug-likeness (QED) is 0.562. The Morgan fingerprint density at radius 3 is 2.55 bits per heavy atom. The number of aromatic hydroxyl groups is 1. The van der Waals surface area contributed by atoms with E-state index >= 15 is 0 Å². The molecule has 0 radical (unpaired) electrons. The number of aromatic nitrogens is 1. The van der Waals surface area contributed by atoms with E-state index < -0.39 is 27.3 Å². The van der Waals surface area contributed by atoms with Crippen molar-refractivity contribution in [2.75, 3.05) is 13.7 Å². The van der Waals surface area contributed by atoms with Crippen molar-refractivity contribution in [1.82, 2.24) is 4.57 Å². The Kier molecular flexibility index (Phi) is 5.73. The highest BCUT2D eigenvalue weighted by Crippen LogP contribution is 2.22. The van der Waals surface area contributed by atoms with Gasteiger partial charge in [-0.3, -0.25) is 13.9 Å². The molecule has 20 heavy (non-hydrogen) atoms. The van der Waals surface area contributed by atoms with Gasteiger partial charge in [0.2, 0.25) is 0 Å². The first-order valence-electron chi connectivity index (χ1n) is 6.18. The topological polar surface area (TPSA) is 106 Å². The largest absolute Gasteiger partial charge is 0.494 e. The lowest BCUT2D eigenvalue weighted by molar-refractivity contribution is 0.188. The van der Waals surface area contributed by atoms with Crippen LogP contribution in [0.3, 0.4) is 0 Å². The summed E-state index contributed by atoms with van der Waals surface area (Å²) in [6, 6.07) is 1.28. The van der Waals surface area contributed by atoms with Crippen molar-refractivity contribution < 1.29 is 22.8 Å². The van der Waals surface area contributed by atoms with Gasteiger partial charge in [-0.05, 0) is 18.4 Å². The fourth-order valence-electron chi connectivity index (χ4n) is 1.96. The van der Waals surface area contributed by atoms with Gasteiger partial charge in [0, 0.05) is 31.9 Å². The fourth-order valence-corrected chi connectivity index (χ4v) is 2.64. The van der Waals surface area contributed by atoms with E-state index in [2.05, 4.69) is 0 Å². The molecule has 0 aliphatic heterocycles. The molecule has 0 aliphatic rings. The molecule has 0 bridgehead atoms. The maximum absolute atomic E-state index is 11.9. The molecule has 1 aromatic rings. The Balaban J connectivity index is 3.27. The Labute approximate surface area is 117 Å². The highest BCUT2D eigenvalue weighted by molar-refractivity contribution is 7.85. The van der Waals surface area contributed by atoms with E-state index in [1.54, 1.807) is 6.92 Å². The van der Waals surface area contributed by atoms with Crippen LogP contribution in [0.25, 0.3) is 0 Å². The van der Waals surface area contributed by atoms with Crippen molar-refractivity contribution in [3.8, 4) is 5.88 Å². The van der Waals surface area contributed by atoms with Gasteiger partial charge in [-0.25, -0.2) is 0 Å². The molecule has 1 heterocycles. The molecule has 114 valence electrons. The number of nitrogens with zero attached hydrogens (tertiary/aromatic N) is 1. The van der Waals surface area contributed by atoms with Gasteiger partial charge in [-0.2, -0.15) is 8.42 Å². The van der Waals surface area contributed by atoms with E-state index in [1.807, 2.05) is 0 Å². The lowest BCUT2D eigenvalue weighted by Crippen LogP contribution is -2.23. The van der Waals surface area contributed by atoms with Crippen LogP contribution in [0.1, 0.15) is 24.5 Å². The van der Waals surface area contributed by atoms with Gasteiger partial charge in [0.05, 0.1) is 0 Å². The number of hydrogen-bond acceptors (Lipinski definition) is 5. The monoisotopic (exact) mass is 305 g/mol. The Morgan fingerprint density at radius 1 is 1.40 bits per heavy atom. The first-order chi connectivity index (χ1) is 9.30. The van der Waals surface area contributed by atoms with Crippen LogP contribution >= 0.6 is 0 Å². The second kappa shape index (κ2) is 6.87. The van der Waals surface area contributed by atoms with Crippen LogP contribution in [0.2, 0.25) is 0 Å². The van der Waals surface area contributed by atoms with Crippen molar-refractivity contribution in [1.29, 1.82) is 0 Å². The molecule has 7 nitrogen and oxygen atoms in total. The van der Waals surface area contributed by atoms with Gasteiger partial charge >= 0.3 is 0 Å². The maximum Gasteiger partial charge on any atom is 0.269 e. The molecule has 0 aromatic carbocycles. The molecular formula is C12H19NO6S. The summed E-state index contributed by atoms with van der Waals surface area (Å²) in [4.78, 5) is 11.9. The van der Waals surface area contributed by atoms with Gasteiger partial charge in [-0.1, -0.05) is 6.92 Å². The third-order valence-electron chi connectivity index (χ3n) is 2.91. The number of rotatable bonds is 7. The zero-order chi connectivity index (χ0) is 15.3. The number of ether oxygens (including phenoxy) is 1. The van der Waals surface area contributed by atoms with Crippen molar-refractivity contribution in [2.45, 2.75) is 32.1 Å². The van der Waals surface area contributed by atoms with E-state index in [-0.39, 0.29) is 12.1 Å². The third-order valence-corrected chi connectivity index (χ3v) is 3.57. The predicted molar refractivity (Wildman–Crippen MR) is 73.5 cm³/mol. The molecule has 0 amide bonds. The lowest BCUT2D eigenvalue weighted by Gasteiger charge is -2.14. The van der Waals surface area contributed by atoms with Crippen LogP contribution in [0, 0.1) is 0 Å². The molecule has 0 saturated heterocycles. The van der Waals surface area contributed by atoms with E-state index in [1.165, 1.54) is 13.2 Å². The van der Waals surface area contributed by atoms with Crippen molar-refractivity contribution in [3.05, 3.63) is 27.5 Å². The highest BCUT2D eigenvalue weighted by Gasteiger charge is 2.19. The normalized spacial score (nSPS) is 11.8. The smallest absolute Gasteiger partial charge is 0.269 e. The summed E-state index contributed by atoms with van der Waals surface area (Å²) in [5, 5.41) is 10.1. The minimum absolute atomic E-state index is 0.0621. The molecule has 1 aromatic heterocycles. The van der Waals surface area contributed by atoms with Crippen LogP contribution in [-0.4, -0.2) is 36.4 Å². The first-order valence-corrected chi connectivity index (χ1v) is 7.79. The molecular weight excluding hydrogens is 286 g/mol. The van der Waals surface area contributed by atoms with Crippen LogP contribution in [0.5, 0.6) is 5.88 Å². The Bertz CT molecular complexity index is 620. The number of methoxy groups -OCH3 is 1. The Morgan fingerprint density at radius 2 is 2.05 bits per heavy atom. The minimum Gasteiger partial charge on any atom is -0.494 e. The molecule has 0 spiro atoms. The summed E-state index contributed by atoms with van der Waals surface area (Å²) < 4.78 is 36.9. The molecule has 8 heteroatoms. The fraction of sp³-hybridized carbons (Fsp3) is 0.583. The molecule has 0 atom stereocenters. The van der Waals surface area contributed by atoms with E-state index in [4.69, 9.17) is 9.29 Å². The van der Waals surface area contributed by atoms with Crippen molar-refractivity contribution >= 4 is 10.1 Å². The van der Waals surface area contributed by atoms with Crippen molar-refractivity contribution in [2.24, 2.45) is 0 Å². The van der Waals surface area contributed by atoms with E-state index in [0.717, 1.165) is 4.57 Å². The van der Waals surface area contributed by atoms with Crippen LogP contribution in [-0.2, 0) is 33.6 Å². The van der Waals surface area contributed by atoms with Gasteiger partial charge in [0.25, 0.3) is 15.7 Å². The zero-order valence-electron chi connectivity index (χ0n) is 11.5. The summed E-state index contributed by atoms with van der Waals surface area (Å²) in [5.74, 6) is -1.13. The second-order valence-corrected chi connectivity index (χ2v) is 5.84. The van der Waals surface area contributed by atoms with E-state index in [9.17, 15) is 18.3 Å². The Hall–Kier alpha value is -1.38. The summed E-state index contributed by atoms with van der Waals surface area (Å²) in [6.07, 6.45) is 0.882. The summed E-state index contributed by atoms with van der Waals surface area (Å²) in [6.45, 7) is 2.35.